The van der Waals surface area contributed by atoms with Gasteiger partial charge in [-0.25, -0.2) is 12.8 Å². The predicted molar refractivity (Wildman–Crippen MR) is 88.5 cm³/mol. The molecule has 0 saturated carbocycles. The van der Waals surface area contributed by atoms with Crippen LogP contribution in [-0.2, 0) is 10.0 Å². The fourth-order valence-electron chi connectivity index (χ4n) is 1.48. The van der Waals surface area contributed by atoms with Gasteiger partial charge < -0.3 is 5.73 Å². The lowest BCUT2D eigenvalue weighted by Gasteiger charge is -2.11. The largest absolute Gasteiger partial charge is 0.396 e. The van der Waals surface area contributed by atoms with Gasteiger partial charge in [-0.3, -0.25) is 4.72 Å². The first kappa shape index (κ1) is 15.5. The molecule has 0 saturated heterocycles. The number of halogens is 3. The van der Waals surface area contributed by atoms with Gasteiger partial charge in [-0.05, 0) is 74.9 Å². The zero-order valence-electron chi connectivity index (χ0n) is 9.90. The van der Waals surface area contributed by atoms with Gasteiger partial charge in [0.25, 0.3) is 10.0 Å². The Morgan fingerprint density at radius 3 is 2.40 bits per heavy atom. The van der Waals surface area contributed by atoms with Gasteiger partial charge in [-0.2, -0.15) is 0 Å². The summed E-state index contributed by atoms with van der Waals surface area (Å²) in [5.41, 5.74) is 5.60. The number of hydrogen-bond donors (Lipinski definition) is 2. The summed E-state index contributed by atoms with van der Waals surface area (Å²) in [6.07, 6.45) is 0. The van der Waals surface area contributed by atoms with Crippen molar-refractivity contribution >= 4 is 59.9 Å². The van der Waals surface area contributed by atoms with Crippen LogP contribution >= 0.6 is 38.5 Å². The van der Waals surface area contributed by atoms with Crippen LogP contribution < -0.4 is 10.5 Å². The first-order valence-electron chi connectivity index (χ1n) is 5.32. The summed E-state index contributed by atoms with van der Waals surface area (Å²) in [5, 5.41) is 0. The van der Waals surface area contributed by atoms with E-state index in [-0.39, 0.29) is 15.1 Å². The quantitative estimate of drug-likeness (QED) is 0.532. The Morgan fingerprint density at radius 1 is 1.20 bits per heavy atom. The van der Waals surface area contributed by atoms with Gasteiger partial charge in [0.15, 0.2) is 0 Å². The third kappa shape index (κ3) is 3.41. The van der Waals surface area contributed by atoms with Crippen LogP contribution in [0, 0.1) is 9.39 Å². The molecule has 0 atom stereocenters. The topological polar surface area (TPSA) is 72.2 Å². The summed E-state index contributed by atoms with van der Waals surface area (Å²) < 4.78 is 41.3. The summed E-state index contributed by atoms with van der Waals surface area (Å²) >= 11 is 5.14. The van der Waals surface area contributed by atoms with Gasteiger partial charge in [0.1, 0.15) is 10.7 Å². The molecule has 0 aliphatic heterocycles. The van der Waals surface area contributed by atoms with Gasteiger partial charge >= 0.3 is 0 Å². The fraction of sp³-hybridized carbons (Fsp3) is 0. The lowest BCUT2D eigenvalue weighted by molar-refractivity contribution is 0.599. The maximum absolute atomic E-state index is 13.2. The molecule has 8 heteroatoms. The van der Waals surface area contributed by atoms with Crippen molar-refractivity contribution < 1.29 is 12.8 Å². The smallest absolute Gasteiger partial charge is 0.263 e. The minimum Gasteiger partial charge on any atom is -0.396 e. The van der Waals surface area contributed by atoms with Gasteiger partial charge in [0, 0.05) is 13.7 Å². The lowest BCUT2D eigenvalue weighted by Crippen LogP contribution is -2.14. The molecule has 0 bridgehead atoms. The molecule has 0 fully saturated rings. The molecule has 0 aromatic heterocycles. The molecule has 20 heavy (non-hydrogen) atoms. The molecule has 2 aromatic rings. The maximum atomic E-state index is 13.2. The molecule has 4 nitrogen and oxygen atoms in total. The van der Waals surface area contributed by atoms with E-state index in [9.17, 15) is 12.8 Å². The molecule has 2 rings (SSSR count). The molecular formula is C12H9BrFIN2O2S. The van der Waals surface area contributed by atoms with E-state index in [4.69, 9.17) is 5.73 Å². The monoisotopic (exact) mass is 470 g/mol. The highest BCUT2D eigenvalue weighted by molar-refractivity contribution is 14.1. The summed E-state index contributed by atoms with van der Waals surface area (Å²) in [5.74, 6) is -0.676. The average Bonchev–Trinajstić information content (AvgIpc) is 2.36. The Bertz CT molecular complexity index is 751. The first-order chi connectivity index (χ1) is 9.29. The van der Waals surface area contributed by atoms with Crippen molar-refractivity contribution in [3.05, 3.63) is 50.3 Å². The zero-order chi connectivity index (χ0) is 14.9. The number of sulfonamides is 1. The maximum Gasteiger partial charge on any atom is 0.263 e. The summed E-state index contributed by atoms with van der Waals surface area (Å²) in [6.45, 7) is 0. The van der Waals surface area contributed by atoms with E-state index in [0.717, 1.165) is 15.7 Å². The molecule has 0 radical (unpaired) electrons. The highest BCUT2D eigenvalue weighted by Gasteiger charge is 2.20. The lowest BCUT2D eigenvalue weighted by atomic mass is 10.3. The molecule has 0 aliphatic rings. The third-order valence-corrected chi connectivity index (χ3v) is 5.50. The van der Waals surface area contributed by atoms with Crippen LogP contribution in [0.2, 0.25) is 0 Å². The first-order valence-corrected chi connectivity index (χ1v) is 8.68. The van der Waals surface area contributed by atoms with Gasteiger partial charge in [0.05, 0.1) is 5.69 Å². The van der Waals surface area contributed by atoms with E-state index >= 15 is 0 Å². The summed E-state index contributed by atoms with van der Waals surface area (Å²) in [6, 6.07) is 8.92. The number of nitrogen functional groups attached to an aromatic ring is 1. The predicted octanol–water partition coefficient (Wildman–Crippen LogP) is 3.58. The Labute approximate surface area is 137 Å². The Balaban J connectivity index is 2.40. The normalized spacial score (nSPS) is 11.3. The van der Waals surface area contributed by atoms with Crippen LogP contribution in [0.3, 0.4) is 0 Å². The van der Waals surface area contributed by atoms with Gasteiger partial charge in [-0.15, -0.1) is 0 Å². The molecule has 0 spiro atoms. The van der Waals surface area contributed by atoms with Crippen LogP contribution in [0.1, 0.15) is 0 Å². The third-order valence-electron chi connectivity index (χ3n) is 2.44. The van der Waals surface area contributed by atoms with Gasteiger partial charge in [-0.1, -0.05) is 0 Å². The molecular weight excluding hydrogens is 462 g/mol. The van der Waals surface area contributed by atoms with Crippen molar-refractivity contribution in [3.63, 3.8) is 0 Å². The number of nitrogens with one attached hydrogen (secondary N) is 1. The van der Waals surface area contributed by atoms with Crippen LogP contribution in [-0.4, -0.2) is 8.42 Å². The van der Waals surface area contributed by atoms with Crippen molar-refractivity contribution in [2.45, 2.75) is 4.90 Å². The second kappa shape index (κ2) is 5.86. The fourth-order valence-corrected chi connectivity index (χ4v) is 3.95. The Kier molecular flexibility index (Phi) is 4.55. The van der Waals surface area contributed by atoms with Crippen molar-refractivity contribution in [2.24, 2.45) is 0 Å². The minimum absolute atomic E-state index is 0.113. The second-order valence-corrected chi connectivity index (χ2v) is 7.67. The minimum atomic E-state index is -3.84. The van der Waals surface area contributed by atoms with Crippen LogP contribution in [0.15, 0.2) is 45.8 Å². The average molecular weight is 471 g/mol. The van der Waals surface area contributed by atoms with Crippen molar-refractivity contribution in [3.8, 4) is 0 Å². The number of nitrogens with two attached hydrogens (primary N) is 1. The second-order valence-electron chi connectivity index (χ2n) is 3.92. The number of rotatable bonds is 3. The van der Waals surface area contributed by atoms with E-state index in [2.05, 4.69) is 43.2 Å². The van der Waals surface area contributed by atoms with Crippen LogP contribution in [0.5, 0.6) is 0 Å². The van der Waals surface area contributed by atoms with Crippen LogP contribution in [0.25, 0.3) is 0 Å². The van der Waals surface area contributed by atoms with E-state index in [1.54, 1.807) is 24.3 Å². The van der Waals surface area contributed by atoms with Crippen molar-refractivity contribution in [2.75, 3.05) is 10.5 Å². The highest BCUT2D eigenvalue weighted by Crippen LogP contribution is 2.28. The Hall–Kier alpha value is -0.870. The number of anilines is 2. The summed E-state index contributed by atoms with van der Waals surface area (Å²) in [4.78, 5) is -0.116. The standard InChI is InChI=1S/C12H9BrFIN2O2S/c13-9-5-10(14)11(16)6-12(9)20(18,19)17-8-3-1-7(15)2-4-8/h1-6,17H,16H2. The molecule has 2 aromatic carbocycles. The van der Waals surface area contributed by atoms with Crippen molar-refractivity contribution in [1.82, 2.24) is 0 Å². The molecule has 0 amide bonds. The molecule has 0 aliphatic carbocycles. The van der Waals surface area contributed by atoms with E-state index in [1.165, 1.54) is 0 Å². The van der Waals surface area contributed by atoms with E-state index in [1.807, 2.05) is 0 Å². The molecule has 3 N–H and O–H groups in total. The number of benzene rings is 2. The van der Waals surface area contributed by atoms with Crippen molar-refractivity contribution in [1.29, 1.82) is 0 Å². The molecule has 0 heterocycles. The molecule has 0 unspecified atom stereocenters. The van der Waals surface area contributed by atoms with E-state index in [0.29, 0.717) is 5.69 Å². The number of hydrogen-bond acceptors (Lipinski definition) is 3. The Morgan fingerprint density at radius 2 is 1.80 bits per heavy atom. The summed E-state index contributed by atoms with van der Waals surface area (Å²) in [7, 11) is -3.84. The van der Waals surface area contributed by atoms with Gasteiger partial charge in [0.2, 0.25) is 0 Å². The molecule has 106 valence electrons. The SMILES string of the molecule is Nc1cc(S(=O)(=O)Nc2ccc(I)cc2)c(Br)cc1F. The zero-order valence-corrected chi connectivity index (χ0v) is 14.5. The van der Waals surface area contributed by atoms with Crippen LogP contribution in [0.4, 0.5) is 15.8 Å². The van der Waals surface area contributed by atoms with E-state index < -0.39 is 15.8 Å². The highest BCUT2D eigenvalue weighted by atomic mass is 127.